The van der Waals surface area contributed by atoms with Crippen LogP contribution in [0.4, 0.5) is 0 Å². The van der Waals surface area contributed by atoms with Crippen molar-refractivity contribution in [1.82, 2.24) is 5.32 Å². The summed E-state index contributed by atoms with van der Waals surface area (Å²) < 4.78 is 0. The van der Waals surface area contributed by atoms with E-state index in [0.717, 1.165) is 19.3 Å². The van der Waals surface area contributed by atoms with Crippen LogP contribution in [-0.2, 0) is 9.59 Å². The molecule has 0 aliphatic heterocycles. The molecule has 1 rings (SSSR count). The minimum absolute atomic E-state index is 0.0838. The third-order valence-electron chi connectivity index (χ3n) is 3.51. The SMILES string of the molecule is C=CC(C)NC(=O)CC1(C(=O)O)CCCCC1. The zero-order chi connectivity index (χ0) is 12.9. The van der Waals surface area contributed by atoms with Crippen LogP contribution in [0, 0.1) is 5.41 Å². The highest BCUT2D eigenvalue weighted by Crippen LogP contribution is 2.39. The van der Waals surface area contributed by atoms with Gasteiger partial charge < -0.3 is 10.4 Å². The molecule has 96 valence electrons. The molecule has 0 aromatic rings. The first-order valence-corrected chi connectivity index (χ1v) is 6.15. The zero-order valence-corrected chi connectivity index (χ0v) is 10.4. The van der Waals surface area contributed by atoms with E-state index >= 15 is 0 Å². The molecular formula is C13H21NO3. The average molecular weight is 239 g/mol. The van der Waals surface area contributed by atoms with Crippen LogP contribution in [0.5, 0.6) is 0 Å². The van der Waals surface area contributed by atoms with Crippen molar-refractivity contribution in [1.29, 1.82) is 0 Å². The second-order valence-electron chi connectivity index (χ2n) is 4.91. The number of nitrogens with one attached hydrogen (secondary N) is 1. The van der Waals surface area contributed by atoms with Gasteiger partial charge in [0, 0.05) is 12.5 Å². The van der Waals surface area contributed by atoms with Gasteiger partial charge in [0.25, 0.3) is 0 Å². The number of hydrogen-bond acceptors (Lipinski definition) is 2. The van der Waals surface area contributed by atoms with E-state index < -0.39 is 11.4 Å². The van der Waals surface area contributed by atoms with E-state index in [1.54, 1.807) is 6.08 Å². The number of carboxylic acid groups (broad SMARTS) is 1. The minimum atomic E-state index is -0.844. The van der Waals surface area contributed by atoms with Gasteiger partial charge in [0.05, 0.1) is 5.41 Å². The van der Waals surface area contributed by atoms with Gasteiger partial charge in [-0.05, 0) is 19.8 Å². The van der Waals surface area contributed by atoms with E-state index in [2.05, 4.69) is 11.9 Å². The quantitative estimate of drug-likeness (QED) is 0.722. The third kappa shape index (κ3) is 3.58. The smallest absolute Gasteiger partial charge is 0.310 e. The molecule has 0 aromatic heterocycles. The maximum atomic E-state index is 11.8. The van der Waals surface area contributed by atoms with E-state index in [1.807, 2.05) is 6.92 Å². The Morgan fingerprint density at radius 3 is 2.47 bits per heavy atom. The molecule has 4 nitrogen and oxygen atoms in total. The fourth-order valence-electron chi connectivity index (χ4n) is 2.37. The van der Waals surface area contributed by atoms with Crippen molar-refractivity contribution in [2.45, 2.75) is 51.5 Å². The van der Waals surface area contributed by atoms with Gasteiger partial charge in [-0.1, -0.05) is 25.3 Å². The summed E-state index contributed by atoms with van der Waals surface area (Å²) in [5.41, 5.74) is -0.844. The highest BCUT2D eigenvalue weighted by molar-refractivity contribution is 5.85. The molecule has 2 N–H and O–H groups in total. The summed E-state index contributed by atoms with van der Waals surface area (Å²) in [5, 5.41) is 12.1. The monoisotopic (exact) mass is 239 g/mol. The molecule has 1 aliphatic rings. The summed E-state index contributed by atoms with van der Waals surface area (Å²) in [4.78, 5) is 23.1. The Morgan fingerprint density at radius 2 is 2.00 bits per heavy atom. The Kier molecular flexibility index (Phi) is 4.73. The molecule has 0 heterocycles. The van der Waals surface area contributed by atoms with Gasteiger partial charge in [0.2, 0.25) is 5.91 Å². The van der Waals surface area contributed by atoms with Gasteiger partial charge in [-0.25, -0.2) is 0 Å². The van der Waals surface area contributed by atoms with Crippen LogP contribution in [0.1, 0.15) is 45.4 Å². The number of carboxylic acids is 1. The lowest BCUT2D eigenvalue weighted by molar-refractivity contribution is -0.154. The Bertz CT molecular complexity index is 306. The van der Waals surface area contributed by atoms with E-state index in [0.29, 0.717) is 12.8 Å². The van der Waals surface area contributed by atoms with Gasteiger partial charge in [-0.2, -0.15) is 0 Å². The molecule has 0 bridgehead atoms. The summed E-state index contributed by atoms with van der Waals surface area (Å²) in [5.74, 6) is -1.03. The molecule has 0 spiro atoms. The number of hydrogen-bond donors (Lipinski definition) is 2. The second-order valence-corrected chi connectivity index (χ2v) is 4.91. The van der Waals surface area contributed by atoms with Crippen LogP contribution in [0.25, 0.3) is 0 Å². The molecule has 0 aromatic carbocycles. The van der Waals surface area contributed by atoms with Gasteiger partial charge in [-0.3, -0.25) is 9.59 Å². The molecule has 1 unspecified atom stereocenters. The fourth-order valence-corrected chi connectivity index (χ4v) is 2.37. The molecule has 1 fully saturated rings. The highest BCUT2D eigenvalue weighted by Gasteiger charge is 2.41. The van der Waals surface area contributed by atoms with Gasteiger partial charge in [0.1, 0.15) is 0 Å². The van der Waals surface area contributed by atoms with Crippen LogP contribution >= 0.6 is 0 Å². The Labute approximate surface area is 102 Å². The highest BCUT2D eigenvalue weighted by atomic mass is 16.4. The number of amides is 1. The normalized spacial score (nSPS) is 20.3. The van der Waals surface area contributed by atoms with Crippen molar-refractivity contribution in [3.8, 4) is 0 Å². The lowest BCUT2D eigenvalue weighted by Gasteiger charge is -2.32. The molecule has 1 saturated carbocycles. The fraction of sp³-hybridized carbons (Fsp3) is 0.692. The lowest BCUT2D eigenvalue weighted by Crippen LogP contribution is -2.41. The summed E-state index contributed by atoms with van der Waals surface area (Å²) >= 11 is 0. The summed E-state index contributed by atoms with van der Waals surface area (Å²) in [7, 11) is 0. The molecule has 17 heavy (non-hydrogen) atoms. The second kappa shape index (κ2) is 5.84. The zero-order valence-electron chi connectivity index (χ0n) is 10.4. The van der Waals surface area contributed by atoms with Crippen molar-refractivity contribution in [2.75, 3.05) is 0 Å². The first-order valence-electron chi connectivity index (χ1n) is 6.15. The van der Waals surface area contributed by atoms with E-state index in [-0.39, 0.29) is 18.4 Å². The molecule has 4 heteroatoms. The average Bonchev–Trinajstić information content (AvgIpc) is 2.29. The van der Waals surface area contributed by atoms with Gasteiger partial charge in [-0.15, -0.1) is 6.58 Å². The number of rotatable bonds is 5. The molecule has 1 amide bonds. The number of carbonyl (C=O) groups excluding carboxylic acids is 1. The van der Waals surface area contributed by atoms with Crippen molar-refractivity contribution in [2.24, 2.45) is 5.41 Å². The maximum absolute atomic E-state index is 11.8. The molecular weight excluding hydrogens is 218 g/mol. The largest absolute Gasteiger partial charge is 0.481 e. The Morgan fingerprint density at radius 1 is 1.41 bits per heavy atom. The molecule has 0 saturated heterocycles. The Balaban J connectivity index is 2.63. The van der Waals surface area contributed by atoms with E-state index in [1.165, 1.54) is 0 Å². The van der Waals surface area contributed by atoms with Crippen LogP contribution in [-0.4, -0.2) is 23.0 Å². The van der Waals surface area contributed by atoms with Crippen molar-refractivity contribution < 1.29 is 14.7 Å². The predicted molar refractivity (Wildman–Crippen MR) is 65.6 cm³/mol. The first kappa shape index (κ1) is 13.7. The standard InChI is InChI=1S/C13H21NO3/c1-3-10(2)14-11(15)9-13(12(16)17)7-5-4-6-8-13/h3,10H,1,4-9H2,2H3,(H,14,15)(H,16,17). The van der Waals surface area contributed by atoms with Crippen LogP contribution < -0.4 is 5.32 Å². The van der Waals surface area contributed by atoms with Gasteiger partial charge in [0.15, 0.2) is 0 Å². The lowest BCUT2D eigenvalue weighted by atomic mass is 9.71. The maximum Gasteiger partial charge on any atom is 0.310 e. The molecule has 1 atom stereocenters. The molecule has 0 radical (unpaired) electrons. The first-order chi connectivity index (χ1) is 8.00. The topological polar surface area (TPSA) is 66.4 Å². The van der Waals surface area contributed by atoms with Crippen molar-refractivity contribution in [3.05, 3.63) is 12.7 Å². The van der Waals surface area contributed by atoms with E-state index in [9.17, 15) is 14.7 Å². The third-order valence-corrected chi connectivity index (χ3v) is 3.51. The Hall–Kier alpha value is -1.32. The van der Waals surface area contributed by atoms with Crippen LogP contribution in [0.2, 0.25) is 0 Å². The summed E-state index contributed by atoms with van der Waals surface area (Å²) in [6.45, 7) is 5.40. The predicted octanol–water partition coefficient (Wildman–Crippen LogP) is 2.10. The summed E-state index contributed by atoms with van der Waals surface area (Å²) in [6.07, 6.45) is 5.80. The van der Waals surface area contributed by atoms with E-state index in [4.69, 9.17) is 0 Å². The summed E-state index contributed by atoms with van der Waals surface area (Å²) in [6, 6.07) is -0.114. The molecule has 1 aliphatic carbocycles. The minimum Gasteiger partial charge on any atom is -0.481 e. The van der Waals surface area contributed by atoms with Gasteiger partial charge >= 0.3 is 5.97 Å². The van der Waals surface area contributed by atoms with Crippen molar-refractivity contribution in [3.63, 3.8) is 0 Å². The number of aliphatic carboxylic acids is 1. The van der Waals surface area contributed by atoms with Crippen molar-refractivity contribution >= 4 is 11.9 Å². The van der Waals surface area contributed by atoms with Crippen LogP contribution in [0.3, 0.4) is 0 Å². The van der Waals surface area contributed by atoms with Crippen LogP contribution in [0.15, 0.2) is 12.7 Å². The number of carbonyl (C=O) groups is 2.